The summed E-state index contributed by atoms with van der Waals surface area (Å²) >= 11 is 1.88. The molecule has 0 aliphatic carbocycles. The highest BCUT2D eigenvalue weighted by Crippen LogP contribution is 2.33. The Kier molecular flexibility index (Phi) is 7.02. The average Bonchev–Trinajstić information content (AvgIpc) is 2.66. The molecule has 25 heavy (non-hydrogen) atoms. The van der Waals surface area contributed by atoms with Crippen molar-refractivity contribution < 1.29 is 4.79 Å². The van der Waals surface area contributed by atoms with E-state index in [0.29, 0.717) is 6.54 Å². The van der Waals surface area contributed by atoms with Gasteiger partial charge < -0.3 is 20.0 Å². The van der Waals surface area contributed by atoms with Crippen molar-refractivity contribution in [1.82, 2.24) is 15.1 Å². The highest BCUT2D eigenvalue weighted by molar-refractivity contribution is 7.99. The maximum absolute atomic E-state index is 12.3. The van der Waals surface area contributed by atoms with Crippen molar-refractivity contribution in [3.05, 3.63) is 24.3 Å². The van der Waals surface area contributed by atoms with Crippen molar-refractivity contribution in [2.75, 3.05) is 69.6 Å². The van der Waals surface area contributed by atoms with Crippen LogP contribution in [0.2, 0.25) is 0 Å². The first-order valence-electron chi connectivity index (χ1n) is 9.44. The topological polar surface area (TPSA) is 38.8 Å². The van der Waals surface area contributed by atoms with Gasteiger partial charge in [-0.3, -0.25) is 4.79 Å². The third-order valence-corrected chi connectivity index (χ3v) is 6.09. The van der Waals surface area contributed by atoms with Crippen molar-refractivity contribution in [2.24, 2.45) is 0 Å². The summed E-state index contributed by atoms with van der Waals surface area (Å²) in [5, 5.41) is 3.10. The van der Waals surface area contributed by atoms with Gasteiger partial charge in [-0.15, -0.1) is 11.8 Å². The van der Waals surface area contributed by atoms with Gasteiger partial charge >= 0.3 is 0 Å². The summed E-state index contributed by atoms with van der Waals surface area (Å²) < 4.78 is 0. The largest absolute Gasteiger partial charge is 0.360 e. The van der Waals surface area contributed by atoms with Crippen molar-refractivity contribution in [3.63, 3.8) is 0 Å². The van der Waals surface area contributed by atoms with Crippen LogP contribution in [0, 0.1) is 0 Å². The minimum Gasteiger partial charge on any atom is -0.360 e. The van der Waals surface area contributed by atoms with Crippen LogP contribution in [0.4, 0.5) is 5.69 Å². The van der Waals surface area contributed by atoms with E-state index >= 15 is 0 Å². The lowest BCUT2D eigenvalue weighted by Gasteiger charge is -2.34. The Morgan fingerprint density at radius 3 is 2.68 bits per heavy atom. The fourth-order valence-corrected chi connectivity index (χ4v) is 4.53. The minimum absolute atomic E-state index is 0.137. The first kappa shape index (κ1) is 18.5. The quantitative estimate of drug-likeness (QED) is 0.748. The van der Waals surface area contributed by atoms with Gasteiger partial charge in [-0.05, 0) is 31.6 Å². The molecule has 0 aromatic heterocycles. The lowest BCUT2D eigenvalue weighted by molar-refractivity contribution is -0.119. The zero-order valence-corrected chi connectivity index (χ0v) is 16.1. The van der Waals surface area contributed by atoms with Crippen molar-refractivity contribution in [1.29, 1.82) is 0 Å². The standard InChI is InChI=1S/C19H30N4OS/c1-2-21-10-12-22(13-11-21)9-5-8-20-19(24)16-23-14-15-25-18-7-4-3-6-17(18)23/h3-4,6-7H,2,5,8-16H2,1H3,(H,20,24). The van der Waals surface area contributed by atoms with Crippen molar-refractivity contribution in [2.45, 2.75) is 18.2 Å². The Morgan fingerprint density at radius 1 is 1.12 bits per heavy atom. The van der Waals surface area contributed by atoms with E-state index in [1.165, 1.54) is 23.7 Å². The predicted octanol–water partition coefficient (Wildman–Crippen LogP) is 1.74. The van der Waals surface area contributed by atoms with Gasteiger partial charge in [0.25, 0.3) is 0 Å². The molecule has 5 nitrogen and oxygen atoms in total. The minimum atomic E-state index is 0.137. The summed E-state index contributed by atoms with van der Waals surface area (Å²) in [6.45, 7) is 11.3. The maximum atomic E-state index is 12.3. The lowest BCUT2D eigenvalue weighted by atomic mass is 10.2. The van der Waals surface area contributed by atoms with Crippen LogP contribution in [0.3, 0.4) is 0 Å². The van der Waals surface area contributed by atoms with E-state index in [9.17, 15) is 4.79 Å². The van der Waals surface area contributed by atoms with E-state index in [1.807, 2.05) is 17.8 Å². The number of fused-ring (bicyclic) bond motifs is 1. The average molecular weight is 363 g/mol. The number of piperazine rings is 1. The Balaban J connectivity index is 1.34. The highest BCUT2D eigenvalue weighted by atomic mass is 32.2. The highest BCUT2D eigenvalue weighted by Gasteiger charge is 2.19. The number of rotatable bonds is 7. The first-order valence-corrected chi connectivity index (χ1v) is 10.4. The van der Waals surface area contributed by atoms with Crippen LogP contribution >= 0.6 is 11.8 Å². The Bertz CT molecular complexity index is 560. The summed E-state index contributed by atoms with van der Waals surface area (Å²) in [5.41, 5.74) is 1.20. The van der Waals surface area contributed by atoms with Gasteiger partial charge in [-0.2, -0.15) is 0 Å². The van der Waals surface area contributed by atoms with Crippen LogP contribution < -0.4 is 10.2 Å². The molecule has 3 rings (SSSR count). The molecule has 1 amide bonds. The van der Waals surface area contributed by atoms with Gasteiger partial charge in [0.05, 0.1) is 12.2 Å². The summed E-state index contributed by atoms with van der Waals surface area (Å²) in [4.78, 5) is 20.8. The third-order valence-electron chi connectivity index (χ3n) is 5.04. The first-order chi connectivity index (χ1) is 12.3. The van der Waals surface area contributed by atoms with E-state index in [4.69, 9.17) is 0 Å². The number of hydrogen-bond donors (Lipinski definition) is 1. The van der Waals surface area contributed by atoms with Crippen molar-refractivity contribution >= 4 is 23.4 Å². The summed E-state index contributed by atoms with van der Waals surface area (Å²) in [6, 6.07) is 8.37. The van der Waals surface area contributed by atoms with Gasteiger partial charge in [0.15, 0.2) is 0 Å². The molecular weight excluding hydrogens is 332 g/mol. The monoisotopic (exact) mass is 362 g/mol. The normalized spacial score (nSPS) is 18.8. The molecule has 0 saturated carbocycles. The number of para-hydroxylation sites is 1. The lowest BCUT2D eigenvalue weighted by Crippen LogP contribution is -2.46. The second kappa shape index (κ2) is 9.46. The number of likely N-dealkylation sites (N-methyl/N-ethyl adjacent to an activating group) is 1. The van der Waals surface area contributed by atoms with E-state index in [2.05, 4.69) is 45.1 Å². The Morgan fingerprint density at radius 2 is 1.88 bits per heavy atom. The van der Waals surface area contributed by atoms with E-state index in [1.54, 1.807) is 0 Å². The number of hydrogen-bond acceptors (Lipinski definition) is 5. The second-order valence-electron chi connectivity index (χ2n) is 6.72. The Labute approximate surface area is 155 Å². The fourth-order valence-electron chi connectivity index (χ4n) is 3.48. The summed E-state index contributed by atoms with van der Waals surface area (Å²) in [5.74, 6) is 1.19. The molecule has 6 heteroatoms. The molecule has 1 fully saturated rings. The van der Waals surface area contributed by atoms with Gasteiger partial charge in [0.1, 0.15) is 0 Å². The van der Waals surface area contributed by atoms with Gasteiger partial charge in [0, 0.05) is 49.9 Å². The molecule has 2 aliphatic heterocycles. The van der Waals surface area contributed by atoms with Crippen molar-refractivity contribution in [3.8, 4) is 0 Å². The number of amides is 1. The zero-order valence-electron chi connectivity index (χ0n) is 15.2. The molecule has 138 valence electrons. The molecule has 1 saturated heterocycles. The number of anilines is 1. The molecule has 0 bridgehead atoms. The molecule has 1 aromatic carbocycles. The second-order valence-corrected chi connectivity index (χ2v) is 7.85. The molecule has 0 unspecified atom stereocenters. The number of nitrogens with one attached hydrogen (secondary N) is 1. The SMILES string of the molecule is CCN1CCN(CCCNC(=O)CN2CCSc3ccccc32)CC1. The van der Waals surface area contributed by atoms with E-state index < -0.39 is 0 Å². The maximum Gasteiger partial charge on any atom is 0.239 e. The smallest absolute Gasteiger partial charge is 0.239 e. The molecule has 0 spiro atoms. The van der Waals surface area contributed by atoms with Crippen LogP contribution in [-0.4, -0.2) is 80.4 Å². The molecular formula is C19H30N4OS. The van der Waals surface area contributed by atoms with Crippen LogP contribution in [0.15, 0.2) is 29.2 Å². The number of nitrogens with zero attached hydrogens (tertiary/aromatic N) is 3. The number of carbonyl (C=O) groups is 1. The van der Waals surface area contributed by atoms with Gasteiger partial charge in [-0.25, -0.2) is 0 Å². The molecule has 2 aliphatic rings. The van der Waals surface area contributed by atoms with Crippen LogP contribution in [0.5, 0.6) is 0 Å². The molecule has 0 radical (unpaired) electrons. The number of carbonyl (C=O) groups excluding carboxylic acids is 1. The molecule has 0 atom stereocenters. The third kappa shape index (κ3) is 5.36. The van der Waals surface area contributed by atoms with E-state index in [-0.39, 0.29) is 5.91 Å². The molecule has 1 aromatic rings. The van der Waals surface area contributed by atoms with Gasteiger partial charge in [-0.1, -0.05) is 19.1 Å². The van der Waals surface area contributed by atoms with Crippen LogP contribution in [-0.2, 0) is 4.79 Å². The predicted molar refractivity (Wildman–Crippen MR) is 106 cm³/mol. The fraction of sp³-hybridized carbons (Fsp3) is 0.632. The number of thioether (sulfide) groups is 1. The summed E-state index contributed by atoms with van der Waals surface area (Å²) in [7, 11) is 0. The number of benzene rings is 1. The summed E-state index contributed by atoms with van der Waals surface area (Å²) in [6.07, 6.45) is 1.03. The van der Waals surface area contributed by atoms with Gasteiger partial charge in [0.2, 0.25) is 5.91 Å². The van der Waals surface area contributed by atoms with E-state index in [0.717, 1.165) is 51.4 Å². The van der Waals surface area contributed by atoms with Crippen LogP contribution in [0.1, 0.15) is 13.3 Å². The molecule has 2 heterocycles. The zero-order chi connectivity index (χ0) is 17.5. The van der Waals surface area contributed by atoms with Crippen LogP contribution in [0.25, 0.3) is 0 Å². The Hall–Kier alpha value is -1.24. The molecule has 1 N–H and O–H groups in total.